The molecule has 0 radical (unpaired) electrons. The summed E-state index contributed by atoms with van der Waals surface area (Å²) in [7, 11) is 0. The highest BCUT2D eigenvalue weighted by molar-refractivity contribution is 6.31. The van der Waals surface area contributed by atoms with Crippen molar-refractivity contribution in [1.82, 2.24) is 4.90 Å². The smallest absolute Gasteiger partial charge is 0.326 e. The van der Waals surface area contributed by atoms with Crippen LogP contribution in [0.3, 0.4) is 0 Å². The molecule has 1 heterocycles. The van der Waals surface area contributed by atoms with Crippen LogP contribution < -0.4 is 16.0 Å². The molecule has 4 rings (SSSR count). The van der Waals surface area contributed by atoms with Gasteiger partial charge in [-0.15, -0.1) is 0 Å². The zero-order chi connectivity index (χ0) is 24.9. The number of nitrogens with one attached hydrogen (secondary N) is 1. The SMILES string of the molecule is Cc1c(N(CCN2CCCC2)C(=O)Nc2ccc(Cl)cc2)ccc(C(N)=O)c1-c1ccc(Cl)cc1. The van der Waals surface area contributed by atoms with Crippen molar-refractivity contribution in [2.45, 2.75) is 19.8 Å². The van der Waals surface area contributed by atoms with Crippen LogP contribution in [0.15, 0.2) is 60.7 Å². The van der Waals surface area contributed by atoms with Gasteiger partial charge in [0.1, 0.15) is 0 Å². The second-order valence-electron chi connectivity index (χ2n) is 8.64. The number of nitrogens with zero attached hydrogens (tertiary/aromatic N) is 2. The largest absolute Gasteiger partial charge is 0.366 e. The Kier molecular flexibility index (Phi) is 7.96. The second kappa shape index (κ2) is 11.1. The van der Waals surface area contributed by atoms with E-state index in [1.54, 1.807) is 53.4 Å². The van der Waals surface area contributed by atoms with Gasteiger partial charge in [0.15, 0.2) is 0 Å². The Bertz CT molecular complexity index is 1210. The van der Waals surface area contributed by atoms with Crippen molar-refractivity contribution in [3.05, 3.63) is 81.8 Å². The van der Waals surface area contributed by atoms with Crippen LogP contribution in [-0.4, -0.2) is 43.0 Å². The van der Waals surface area contributed by atoms with Gasteiger partial charge >= 0.3 is 6.03 Å². The minimum Gasteiger partial charge on any atom is -0.366 e. The van der Waals surface area contributed by atoms with E-state index in [1.165, 1.54) is 12.8 Å². The van der Waals surface area contributed by atoms with Crippen molar-refractivity contribution in [2.75, 3.05) is 36.4 Å². The summed E-state index contributed by atoms with van der Waals surface area (Å²) in [4.78, 5) is 29.9. The van der Waals surface area contributed by atoms with Crippen LogP contribution in [0.1, 0.15) is 28.8 Å². The normalized spacial score (nSPS) is 13.6. The summed E-state index contributed by atoms with van der Waals surface area (Å²) in [6.07, 6.45) is 2.34. The number of rotatable bonds is 7. The molecule has 1 aliphatic heterocycles. The molecule has 3 aromatic carbocycles. The lowest BCUT2D eigenvalue weighted by atomic mass is 9.93. The maximum Gasteiger partial charge on any atom is 0.326 e. The number of benzene rings is 3. The molecule has 0 saturated carbocycles. The molecule has 3 aromatic rings. The van der Waals surface area contributed by atoms with Crippen LogP contribution in [0.5, 0.6) is 0 Å². The summed E-state index contributed by atoms with van der Waals surface area (Å²) in [5, 5.41) is 4.17. The Hall–Kier alpha value is -3.06. The van der Waals surface area contributed by atoms with Crippen molar-refractivity contribution in [3.63, 3.8) is 0 Å². The lowest BCUT2D eigenvalue weighted by Crippen LogP contribution is -2.41. The third-order valence-electron chi connectivity index (χ3n) is 6.30. The Morgan fingerprint density at radius 2 is 1.54 bits per heavy atom. The van der Waals surface area contributed by atoms with Crippen LogP contribution in [0.2, 0.25) is 10.0 Å². The fourth-order valence-electron chi connectivity index (χ4n) is 4.49. The predicted octanol–water partition coefficient (Wildman–Crippen LogP) is 6.20. The molecule has 35 heavy (non-hydrogen) atoms. The van der Waals surface area contributed by atoms with Crippen molar-refractivity contribution in [2.24, 2.45) is 5.73 Å². The number of hydrogen-bond acceptors (Lipinski definition) is 3. The molecule has 0 aliphatic carbocycles. The van der Waals surface area contributed by atoms with Gasteiger partial charge in [-0.1, -0.05) is 35.3 Å². The number of anilines is 2. The van der Waals surface area contributed by atoms with Crippen LogP contribution >= 0.6 is 23.2 Å². The Labute approximate surface area is 215 Å². The number of carbonyl (C=O) groups is 2. The lowest BCUT2D eigenvalue weighted by molar-refractivity contribution is 0.100. The van der Waals surface area contributed by atoms with E-state index in [2.05, 4.69) is 10.2 Å². The van der Waals surface area contributed by atoms with Crippen LogP contribution in [0.25, 0.3) is 11.1 Å². The van der Waals surface area contributed by atoms with E-state index < -0.39 is 5.91 Å². The molecular formula is C27H28Cl2N4O2. The van der Waals surface area contributed by atoms with E-state index in [1.807, 2.05) is 19.1 Å². The molecular weight excluding hydrogens is 483 g/mol. The van der Waals surface area contributed by atoms with E-state index in [0.717, 1.165) is 30.8 Å². The first-order chi connectivity index (χ1) is 16.8. The highest BCUT2D eigenvalue weighted by atomic mass is 35.5. The van der Waals surface area contributed by atoms with E-state index >= 15 is 0 Å². The minimum absolute atomic E-state index is 0.261. The van der Waals surface area contributed by atoms with Gasteiger partial charge in [-0.2, -0.15) is 0 Å². The minimum atomic E-state index is -0.529. The molecule has 1 aliphatic rings. The van der Waals surface area contributed by atoms with E-state index in [0.29, 0.717) is 39.1 Å². The third kappa shape index (κ3) is 5.96. The molecule has 1 fully saturated rings. The quantitative estimate of drug-likeness (QED) is 0.396. The molecule has 0 atom stereocenters. The first-order valence-electron chi connectivity index (χ1n) is 11.6. The van der Waals surface area contributed by atoms with Crippen LogP contribution in [-0.2, 0) is 0 Å². The molecule has 0 bridgehead atoms. The molecule has 0 aromatic heterocycles. The van der Waals surface area contributed by atoms with Gasteiger partial charge in [0, 0.05) is 40.1 Å². The topological polar surface area (TPSA) is 78.7 Å². The molecule has 3 N–H and O–H groups in total. The van der Waals surface area contributed by atoms with E-state index in [4.69, 9.17) is 28.9 Å². The number of urea groups is 1. The predicted molar refractivity (Wildman–Crippen MR) is 144 cm³/mol. The summed E-state index contributed by atoms with van der Waals surface area (Å²) in [5.41, 5.74) is 9.76. The summed E-state index contributed by atoms with van der Waals surface area (Å²) < 4.78 is 0. The van der Waals surface area contributed by atoms with Gasteiger partial charge in [-0.3, -0.25) is 9.69 Å². The van der Waals surface area contributed by atoms with Gasteiger partial charge < -0.3 is 16.0 Å². The Balaban J connectivity index is 1.73. The number of amides is 3. The molecule has 1 saturated heterocycles. The standard InChI is InChI=1S/C27H28Cl2N4O2/c1-18-24(13-12-23(26(30)34)25(18)19-4-6-20(28)7-5-19)33(17-16-32-14-2-3-15-32)27(35)31-22-10-8-21(29)9-11-22/h4-13H,2-3,14-17H2,1H3,(H2,30,34)(H,31,35). The molecule has 6 nitrogen and oxygen atoms in total. The zero-order valence-electron chi connectivity index (χ0n) is 19.6. The maximum absolute atomic E-state index is 13.5. The number of hydrogen-bond donors (Lipinski definition) is 2. The monoisotopic (exact) mass is 510 g/mol. The summed E-state index contributed by atoms with van der Waals surface area (Å²) in [5.74, 6) is -0.529. The highest BCUT2D eigenvalue weighted by Gasteiger charge is 2.24. The maximum atomic E-state index is 13.5. The number of primary amides is 1. The number of halogens is 2. The third-order valence-corrected chi connectivity index (χ3v) is 6.81. The second-order valence-corrected chi connectivity index (χ2v) is 9.51. The number of carbonyl (C=O) groups excluding carboxylic acids is 2. The molecule has 182 valence electrons. The van der Waals surface area contributed by atoms with Gasteiger partial charge in [-0.05, 0) is 98.1 Å². The first kappa shape index (κ1) is 25.0. The number of likely N-dealkylation sites (tertiary alicyclic amines) is 1. The van der Waals surface area contributed by atoms with Crippen molar-refractivity contribution >= 4 is 46.5 Å². The van der Waals surface area contributed by atoms with Crippen LogP contribution in [0.4, 0.5) is 16.2 Å². The Morgan fingerprint density at radius 3 is 2.14 bits per heavy atom. The highest BCUT2D eigenvalue weighted by Crippen LogP contribution is 2.35. The Morgan fingerprint density at radius 1 is 0.943 bits per heavy atom. The van der Waals surface area contributed by atoms with Crippen molar-refractivity contribution in [3.8, 4) is 11.1 Å². The average Bonchev–Trinajstić information content (AvgIpc) is 3.35. The molecule has 3 amide bonds. The lowest BCUT2D eigenvalue weighted by Gasteiger charge is -2.28. The molecule has 8 heteroatoms. The van der Waals surface area contributed by atoms with Crippen molar-refractivity contribution < 1.29 is 9.59 Å². The number of nitrogens with two attached hydrogens (primary N) is 1. The van der Waals surface area contributed by atoms with Crippen molar-refractivity contribution in [1.29, 1.82) is 0 Å². The van der Waals surface area contributed by atoms with Gasteiger partial charge in [0.05, 0.1) is 0 Å². The molecule has 0 spiro atoms. The summed E-state index contributed by atoms with van der Waals surface area (Å²) in [6, 6.07) is 17.5. The average molecular weight is 511 g/mol. The van der Waals surface area contributed by atoms with E-state index in [-0.39, 0.29) is 6.03 Å². The fraction of sp³-hybridized carbons (Fsp3) is 0.259. The van der Waals surface area contributed by atoms with Crippen LogP contribution in [0, 0.1) is 6.92 Å². The molecule has 0 unspecified atom stereocenters. The van der Waals surface area contributed by atoms with Gasteiger partial charge in [0.2, 0.25) is 5.91 Å². The van der Waals surface area contributed by atoms with Gasteiger partial charge in [-0.25, -0.2) is 4.79 Å². The summed E-state index contributed by atoms with van der Waals surface area (Å²) >= 11 is 12.1. The fourth-order valence-corrected chi connectivity index (χ4v) is 4.74. The zero-order valence-corrected chi connectivity index (χ0v) is 21.1. The van der Waals surface area contributed by atoms with Gasteiger partial charge in [0.25, 0.3) is 0 Å². The van der Waals surface area contributed by atoms with E-state index in [9.17, 15) is 9.59 Å². The summed E-state index contributed by atoms with van der Waals surface area (Å²) in [6.45, 7) is 5.21. The first-order valence-corrected chi connectivity index (χ1v) is 12.3.